The van der Waals surface area contributed by atoms with Crippen LogP contribution < -0.4 is 0 Å². The fourth-order valence-electron chi connectivity index (χ4n) is 1.74. The molecule has 0 unspecified atom stereocenters. The Bertz CT molecular complexity index is 468. The number of hydrogen-bond donors (Lipinski definition) is 0. The van der Waals surface area contributed by atoms with Crippen LogP contribution in [0.15, 0.2) is 0 Å². The number of ether oxygens (including phenoxy) is 2. The normalized spacial score (nSPS) is 18.2. The molecular formula is C11H13FN2O4. The summed E-state index contributed by atoms with van der Waals surface area (Å²) in [5, 5.41) is 0. The maximum absolute atomic E-state index is 13.6. The lowest BCUT2D eigenvalue weighted by Gasteiger charge is -2.27. The summed E-state index contributed by atoms with van der Waals surface area (Å²) in [6.07, 6.45) is 1.09. The van der Waals surface area contributed by atoms with Gasteiger partial charge in [0, 0.05) is 6.61 Å². The number of imidazole rings is 1. The maximum atomic E-state index is 13.6. The molecule has 6 nitrogen and oxygen atoms in total. The van der Waals surface area contributed by atoms with Gasteiger partial charge in [-0.2, -0.15) is 9.37 Å². The van der Waals surface area contributed by atoms with Crippen molar-refractivity contribution in [3.63, 3.8) is 0 Å². The zero-order valence-electron chi connectivity index (χ0n) is 9.89. The van der Waals surface area contributed by atoms with Crippen molar-refractivity contribution in [1.29, 1.82) is 0 Å². The van der Waals surface area contributed by atoms with Crippen molar-refractivity contribution >= 4 is 12.3 Å². The average Bonchev–Trinajstić information content (AvgIpc) is 2.60. The van der Waals surface area contributed by atoms with Crippen LogP contribution in [-0.4, -0.2) is 41.1 Å². The van der Waals surface area contributed by atoms with Crippen LogP contribution in [-0.2, 0) is 16.0 Å². The lowest BCUT2D eigenvalue weighted by Crippen LogP contribution is -2.33. The third-order valence-electron chi connectivity index (χ3n) is 2.71. The van der Waals surface area contributed by atoms with Gasteiger partial charge in [0.15, 0.2) is 17.8 Å². The topological polar surface area (TPSA) is 70.4 Å². The Kier molecular flexibility index (Phi) is 3.71. The zero-order chi connectivity index (χ0) is 13.1. The molecule has 0 aliphatic carbocycles. The molecule has 1 saturated heterocycles. The molecule has 7 heteroatoms. The summed E-state index contributed by atoms with van der Waals surface area (Å²) < 4.78 is 24.7. The van der Waals surface area contributed by atoms with Gasteiger partial charge in [-0.25, -0.2) is 4.79 Å². The molecule has 0 amide bonds. The van der Waals surface area contributed by atoms with Crippen molar-refractivity contribution in [1.82, 2.24) is 9.55 Å². The van der Waals surface area contributed by atoms with E-state index in [0.29, 0.717) is 12.9 Å². The molecule has 2 rings (SSSR count). The van der Waals surface area contributed by atoms with Gasteiger partial charge >= 0.3 is 5.97 Å². The molecule has 18 heavy (non-hydrogen) atoms. The van der Waals surface area contributed by atoms with Crippen LogP contribution in [0.4, 0.5) is 4.39 Å². The minimum atomic E-state index is -0.991. The average molecular weight is 256 g/mol. The Hall–Kier alpha value is -1.76. The Labute approximate surface area is 103 Å². The Morgan fingerprint density at radius 3 is 2.94 bits per heavy atom. The lowest BCUT2D eigenvalue weighted by molar-refractivity contribution is -0.0597. The van der Waals surface area contributed by atoms with Crippen molar-refractivity contribution in [2.45, 2.75) is 26.0 Å². The van der Waals surface area contributed by atoms with Gasteiger partial charge in [-0.15, -0.1) is 0 Å². The summed E-state index contributed by atoms with van der Waals surface area (Å²) in [4.78, 5) is 25.9. The molecule has 0 radical (unpaired) electrons. The Morgan fingerprint density at radius 1 is 1.72 bits per heavy atom. The zero-order valence-corrected chi connectivity index (χ0v) is 9.89. The highest BCUT2D eigenvalue weighted by molar-refractivity contribution is 5.89. The first kappa shape index (κ1) is 12.7. The fourth-order valence-corrected chi connectivity index (χ4v) is 1.74. The molecule has 98 valence electrons. The quantitative estimate of drug-likeness (QED) is 0.575. The first-order valence-corrected chi connectivity index (χ1v) is 5.67. The largest absolute Gasteiger partial charge is 0.461 e. The third-order valence-corrected chi connectivity index (χ3v) is 2.71. The molecule has 0 aromatic carbocycles. The number of aromatic nitrogens is 2. The first-order valence-electron chi connectivity index (χ1n) is 5.67. The van der Waals surface area contributed by atoms with E-state index in [4.69, 9.17) is 9.47 Å². The van der Waals surface area contributed by atoms with E-state index in [0.717, 1.165) is 6.42 Å². The van der Waals surface area contributed by atoms with Crippen LogP contribution in [0, 0.1) is 5.95 Å². The molecule has 1 atom stereocenters. The molecular weight excluding hydrogens is 243 g/mol. The molecule has 0 spiro atoms. The van der Waals surface area contributed by atoms with Gasteiger partial charge in [0.25, 0.3) is 0 Å². The first-order chi connectivity index (χ1) is 8.67. The van der Waals surface area contributed by atoms with Crippen molar-refractivity contribution < 1.29 is 23.5 Å². The van der Waals surface area contributed by atoms with Crippen molar-refractivity contribution in [2.24, 2.45) is 0 Å². The number of esters is 1. The molecule has 0 N–H and O–H groups in total. The van der Waals surface area contributed by atoms with Gasteiger partial charge in [-0.3, -0.25) is 4.79 Å². The van der Waals surface area contributed by atoms with E-state index in [2.05, 4.69) is 4.98 Å². The summed E-state index contributed by atoms with van der Waals surface area (Å²) in [6, 6.07) is 0. The van der Waals surface area contributed by atoms with E-state index in [9.17, 15) is 14.0 Å². The number of halogens is 1. The summed E-state index contributed by atoms with van der Waals surface area (Å²) in [5.74, 6) is -1.95. The number of hydrogen-bond acceptors (Lipinski definition) is 5. The second-order valence-corrected chi connectivity index (χ2v) is 3.84. The predicted molar refractivity (Wildman–Crippen MR) is 57.9 cm³/mol. The predicted octanol–water partition coefficient (Wildman–Crippen LogP) is 0.800. The van der Waals surface area contributed by atoms with E-state index in [1.807, 2.05) is 0 Å². The van der Waals surface area contributed by atoms with Crippen molar-refractivity contribution in [3.8, 4) is 0 Å². The van der Waals surface area contributed by atoms with Crippen LogP contribution in [0.1, 0.15) is 34.5 Å². The number of carbonyl (C=O) groups excluding carboxylic acids is 2. The molecule has 1 aromatic rings. The summed E-state index contributed by atoms with van der Waals surface area (Å²) >= 11 is 0. The van der Waals surface area contributed by atoms with Crippen molar-refractivity contribution in [3.05, 3.63) is 17.5 Å². The summed E-state index contributed by atoms with van der Waals surface area (Å²) in [6.45, 7) is 2.60. The Balaban J connectivity index is 2.32. The van der Waals surface area contributed by atoms with Crippen LogP contribution in [0.5, 0.6) is 0 Å². The van der Waals surface area contributed by atoms with Crippen molar-refractivity contribution in [2.75, 3.05) is 13.2 Å². The third kappa shape index (κ3) is 2.26. The van der Waals surface area contributed by atoms with Gasteiger partial charge < -0.3 is 14.0 Å². The molecule has 1 aliphatic rings. The maximum Gasteiger partial charge on any atom is 0.359 e. The molecule has 0 bridgehead atoms. The summed E-state index contributed by atoms with van der Waals surface area (Å²) in [5.41, 5.74) is -0.325. The molecule has 1 aliphatic heterocycles. The van der Waals surface area contributed by atoms with Gasteiger partial charge in [-0.05, 0) is 13.3 Å². The van der Waals surface area contributed by atoms with E-state index in [1.54, 1.807) is 6.92 Å². The minimum absolute atomic E-state index is 0.120. The Morgan fingerprint density at radius 2 is 2.44 bits per heavy atom. The van der Waals surface area contributed by atoms with E-state index in [1.165, 1.54) is 4.57 Å². The number of carbonyl (C=O) groups is 2. The van der Waals surface area contributed by atoms with Crippen LogP contribution in [0.25, 0.3) is 0 Å². The van der Waals surface area contributed by atoms with E-state index in [-0.39, 0.29) is 30.8 Å². The lowest BCUT2D eigenvalue weighted by atomic mass is 10.2. The second kappa shape index (κ2) is 5.26. The van der Waals surface area contributed by atoms with Gasteiger partial charge in [0.05, 0.1) is 19.3 Å². The standard InChI is InChI=1S/C11H13FN2O4/c1-2-17-11(16)9-10(12)13-8(6-15)14(9)5-7-3-4-18-7/h6-7H,2-5H2,1H3/t7-/m0/s1. The fraction of sp³-hybridized carbons (Fsp3) is 0.545. The highest BCUT2D eigenvalue weighted by atomic mass is 19.1. The monoisotopic (exact) mass is 256 g/mol. The molecule has 0 saturated carbocycles. The number of aldehydes is 1. The van der Waals surface area contributed by atoms with E-state index >= 15 is 0 Å². The highest BCUT2D eigenvalue weighted by Crippen LogP contribution is 2.18. The smallest absolute Gasteiger partial charge is 0.359 e. The molecule has 1 fully saturated rings. The SMILES string of the molecule is CCOC(=O)c1c(F)nc(C=O)n1C[C@@H]1CCO1. The number of nitrogens with zero attached hydrogens (tertiary/aromatic N) is 2. The van der Waals surface area contributed by atoms with Gasteiger partial charge in [0.2, 0.25) is 5.95 Å². The summed E-state index contributed by atoms with van der Waals surface area (Å²) in [7, 11) is 0. The highest BCUT2D eigenvalue weighted by Gasteiger charge is 2.28. The van der Waals surface area contributed by atoms with E-state index < -0.39 is 11.9 Å². The molecule has 2 heterocycles. The van der Waals surface area contributed by atoms with Gasteiger partial charge in [-0.1, -0.05) is 0 Å². The van der Waals surface area contributed by atoms with Crippen LogP contribution in [0.3, 0.4) is 0 Å². The second-order valence-electron chi connectivity index (χ2n) is 3.84. The minimum Gasteiger partial charge on any atom is -0.461 e. The van der Waals surface area contributed by atoms with Crippen LogP contribution in [0.2, 0.25) is 0 Å². The molecule has 1 aromatic heterocycles. The van der Waals surface area contributed by atoms with Gasteiger partial charge in [0.1, 0.15) is 0 Å². The number of rotatable bonds is 5. The van der Waals surface area contributed by atoms with Crippen LogP contribution >= 0.6 is 0 Å².